The fourth-order valence-electron chi connectivity index (χ4n) is 3.31. The molecule has 164 valence electrons. The normalized spacial score (nSPS) is 12.5. The van der Waals surface area contributed by atoms with Gasteiger partial charge in [0, 0.05) is 0 Å². The average Bonchev–Trinajstić information content (AvgIpc) is 2.67. The number of nitrogens with zero attached hydrogens (tertiary/aromatic N) is 1. The van der Waals surface area contributed by atoms with Gasteiger partial charge in [-0.25, -0.2) is 8.42 Å². The van der Waals surface area contributed by atoms with Crippen LogP contribution in [0.15, 0.2) is 42.5 Å². The topological polar surface area (TPSA) is 75.7 Å². The number of hydrogen-bond donors (Lipinski definition) is 1. The Labute approximate surface area is 180 Å². The van der Waals surface area contributed by atoms with Crippen LogP contribution in [-0.4, -0.2) is 39.8 Å². The third-order valence-electron chi connectivity index (χ3n) is 4.89. The molecule has 0 aliphatic carbocycles. The Hall–Kier alpha value is -2.54. The number of hydrogen-bond acceptors (Lipinski definition) is 4. The van der Waals surface area contributed by atoms with E-state index in [1.54, 1.807) is 13.0 Å². The van der Waals surface area contributed by atoms with Crippen LogP contribution >= 0.6 is 0 Å². The predicted octanol–water partition coefficient (Wildman–Crippen LogP) is 3.78. The van der Waals surface area contributed by atoms with E-state index in [0.717, 1.165) is 28.7 Å². The summed E-state index contributed by atoms with van der Waals surface area (Å²) in [5, 5.41) is 2.79. The summed E-state index contributed by atoms with van der Waals surface area (Å²) in [6.07, 6.45) is 1.12. The van der Waals surface area contributed by atoms with Gasteiger partial charge in [0.2, 0.25) is 15.9 Å². The van der Waals surface area contributed by atoms with Crippen molar-refractivity contribution in [3.05, 3.63) is 59.2 Å². The van der Waals surface area contributed by atoms with Crippen LogP contribution < -0.4 is 14.4 Å². The zero-order valence-electron chi connectivity index (χ0n) is 18.6. The van der Waals surface area contributed by atoms with Crippen LogP contribution in [0.1, 0.15) is 43.4 Å². The lowest BCUT2D eigenvalue weighted by Crippen LogP contribution is -2.48. The highest BCUT2D eigenvalue weighted by Crippen LogP contribution is 2.27. The standard InChI is InChI=1S/C23H32N2O4S/c1-16(2)20-9-7-8-10-22(20)29-14-13-24-23(26)19(5)25(30(6,27)28)21-15-17(3)11-12-18(21)4/h7-12,15-16,19H,13-14H2,1-6H3,(H,24,26)/t19-/m0/s1. The second-order valence-corrected chi connectivity index (χ2v) is 9.72. The van der Waals surface area contributed by atoms with E-state index in [9.17, 15) is 13.2 Å². The van der Waals surface area contributed by atoms with E-state index in [1.807, 2.05) is 50.2 Å². The van der Waals surface area contributed by atoms with Crippen LogP contribution in [0.25, 0.3) is 0 Å². The first-order valence-corrected chi connectivity index (χ1v) is 11.9. The molecule has 0 fully saturated rings. The predicted molar refractivity (Wildman–Crippen MR) is 122 cm³/mol. The molecule has 0 saturated heterocycles. The number of carbonyl (C=O) groups excluding carboxylic acids is 1. The van der Waals surface area contributed by atoms with Crippen molar-refractivity contribution in [2.75, 3.05) is 23.7 Å². The summed E-state index contributed by atoms with van der Waals surface area (Å²) in [6, 6.07) is 12.5. The zero-order chi connectivity index (χ0) is 22.5. The third kappa shape index (κ3) is 5.98. The number of amides is 1. The van der Waals surface area contributed by atoms with Crippen molar-refractivity contribution in [1.29, 1.82) is 0 Å². The van der Waals surface area contributed by atoms with Gasteiger partial charge < -0.3 is 10.1 Å². The molecule has 2 rings (SSSR count). The quantitative estimate of drug-likeness (QED) is 0.612. The fourth-order valence-corrected chi connectivity index (χ4v) is 4.53. The molecule has 0 aliphatic rings. The van der Waals surface area contributed by atoms with Gasteiger partial charge in [-0.15, -0.1) is 0 Å². The van der Waals surface area contributed by atoms with Crippen molar-refractivity contribution in [2.24, 2.45) is 0 Å². The lowest BCUT2D eigenvalue weighted by molar-refractivity contribution is -0.121. The highest BCUT2D eigenvalue weighted by Gasteiger charge is 2.30. The highest BCUT2D eigenvalue weighted by atomic mass is 32.2. The highest BCUT2D eigenvalue weighted by molar-refractivity contribution is 7.92. The Bertz CT molecular complexity index is 986. The van der Waals surface area contributed by atoms with E-state index in [-0.39, 0.29) is 12.5 Å². The summed E-state index contributed by atoms with van der Waals surface area (Å²) in [7, 11) is -3.65. The lowest BCUT2D eigenvalue weighted by Gasteiger charge is -2.29. The number of rotatable bonds is 9. The van der Waals surface area contributed by atoms with Crippen LogP contribution in [0.5, 0.6) is 5.75 Å². The van der Waals surface area contributed by atoms with Crippen LogP contribution in [0.2, 0.25) is 0 Å². The van der Waals surface area contributed by atoms with E-state index in [1.165, 1.54) is 4.31 Å². The Kier molecular flexibility index (Phi) is 7.89. The Morgan fingerprint density at radius 3 is 2.40 bits per heavy atom. The summed E-state index contributed by atoms with van der Waals surface area (Å²) in [4.78, 5) is 12.7. The van der Waals surface area contributed by atoms with Crippen molar-refractivity contribution in [2.45, 2.75) is 46.6 Å². The number of benzene rings is 2. The number of aryl methyl sites for hydroxylation is 2. The third-order valence-corrected chi connectivity index (χ3v) is 6.12. The van der Waals surface area contributed by atoms with Gasteiger partial charge in [0.15, 0.2) is 0 Å². The largest absolute Gasteiger partial charge is 0.491 e. The molecule has 0 unspecified atom stereocenters. The van der Waals surface area contributed by atoms with Crippen LogP contribution in [-0.2, 0) is 14.8 Å². The Morgan fingerprint density at radius 2 is 1.77 bits per heavy atom. The maximum atomic E-state index is 12.7. The maximum absolute atomic E-state index is 12.7. The first-order chi connectivity index (χ1) is 14.0. The van der Waals surface area contributed by atoms with Gasteiger partial charge in [-0.1, -0.05) is 44.2 Å². The monoisotopic (exact) mass is 432 g/mol. The number of sulfonamides is 1. The molecular formula is C23H32N2O4S. The second-order valence-electron chi connectivity index (χ2n) is 7.86. The first-order valence-electron chi connectivity index (χ1n) is 10.1. The smallest absolute Gasteiger partial charge is 0.243 e. The van der Waals surface area contributed by atoms with E-state index in [4.69, 9.17) is 4.74 Å². The molecule has 0 radical (unpaired) electrons. The van der Waals surface area contributed by atoms with Gasteiger partial charge in [-0.2, -0.15) is 0 Å². The van der Waals surface area contributed by atoms with E-state index < -0.39 is 16.1 Å². The Morgan fingerprint density at radius 1 is 1.10 bits per heavy atom. The van der Waals surface area contributed by atoms with E-state index in [0.29, 0.717) is 18.2 Å². The van der Waals surface area contributed by atoms with Crippen LogP contribution in [0, 0.1) is 13.8 Å². The molecule has 0 saturated carbocycles. The number of nitrogens with one attached hydrogen (secondary N) is 1. The molecule has 0 bridgehead atoms. The molecule has 7 heteroatoms. The van der Waals surface area contributed by atoms with E-state index >= 15 is 0 Å². The van der Waals surface area contributed by atoms with Gasteiger partial charge >= 0.3 is 0 Å². The fraction of sp³-hybridized carbons (Fsp3) is 0.435. The number of para-hydroxylation sites is 1. The van der Waals surface area contributed by atoms with Crippen LogP contribution in [0.4, 0.5) is 5.69 Å². The SMILES string of the molecule is Cc1ccc(C)c(N([C@@H](C)C(=O)NCCOc2ccccc2C(C)C)S(C)(=O)=O)c1. The molecule has 1 atom stereocenters. The molecule has 6 nitrogen and oxygen atoms in total. The van der Waals surface area contributed by atoms with E-state index in [2.05, 4.69) is 19.2 Å². The summed E-state index contributed by atoms with van der Waals surface area (Å²) >= 11 is 0. The minimum atomic E-state index is -3.65. The molecule has 0 spiro atoms. The summed E-state index contributed by atoms with van der Waals surface area (Å²) in [5.74, 6) is 0.752. The van der Waals surface area contributed by atoms with Crippen molar-refractivity contribution in [1.82, 2.24) is 5.32 Å². The molecule has 0 aromatic heterocycles. The number of ether oxygens (including phenoxy) is 1. The van der Waals surface area contributed by atoms with Crippen molar-refractivity contribution >= 4 is 21.6 Å². The van der Waals surface area contributed by atoms with Gasteiger partial charge in [0.05, 0.1) is 18.5 Å². The minimum absolute atomic E-state index is 0.278. The lowest BCUT2D eigenvalue weighted by atomic mass is 10.0. The van der Waals surface area contributed by atoms with Gasteiger partial charge in [-0.05, 0) is 55.5 Å². The Balaban J connectivity index is 2.05. The molecule has 30 heavy (non-hydrogen) atoms. The molecule has 0 aliphatic heterocycles. The summed E-state index contributed by atoms with van der Waals surface area (Å²) < 4.78 is 32.0. The number of carbonyl (C=O) groups is 1. The summed E-state index contributed by atoms with van der Waals surface area (Å²) in [6.45, 7) is 10.1. The van der Waals surface area contributed by atoms with Gasteiger partial charge in [0.25, 0.3) is 0 Å². The van der Waals surface area contributed by atoms with Gasteiger partial charge in [0.1, 0.15) is 18.4 Å². The zero-order valence-corrected chi connectivity index (χ0v) is 19.4. The average molecular weight is 433 g/mol. The second kappa shape index (κ2) is 9.98. The molecule has 2 aromatic rings. The molecular weight excluding hydrogens is 400 g/mol. The molecule has 1 N–H and O–H groups in total. The van der Waals surface area contributed by atoms with Crippen molar-refractivity contribution in [3.8, 4) is 5.75 Å². The number of anilines is 1. The van der Waals surface area contributed by atoms with Crippen molar-refractivity contribution < 1.29 is 17.9 Å². The minimum Gasteiger partial charge on any atom is -0.491 e. The van der Waals surface area contributed by atoms with Gasteiger partial charge in [-0.3, -0.25) is 9.10 Å². The molecule has 0 heterocycles. The molecule has 2 aromatic carbocycles. The molecule has 1 amide bonds. The van der Waals surface area contributed by atoms with Crippen molar-refractivity contribution in [3.63, 3.8) is 0 Å². The maximum Gasteiger partial charge on any atom is 0.243 e. The first kappa shape index (κ1) is 23.7. The van der Waals surface area contributed by atoms with Crippen LogP contribution in [0.3, 0.4) is 0 Å². The summed E-state index contributed by atoms with van der Waals surface area (Å²) in [5.41, 5.74) is 3.34.